The van der Waals surface area contributed by atoms with Gasteiger partial charge in [0.1, 0.15) is 5.69 Å². The summed E-state index contributed by atoms with van der Waals surface area (Å²) in [6.45, 7) is 0.242. The summed E-state index contributed by atoms with van der Waals surface area (Å²) in [5.74, 6) is 0.760. The molecule has 0 atom stereocenters. The lowest BCUT2D eigenvalue weighted by Crippen LogP contribution is -2.10. The smallest absolute Gasteiger partial charge is 0.399 e. The van der Waals surface area contributed by atoms with Crippen LogP contribution in [0.25, 0.3) is 55.8 Å². The van der Waals surface area contributed by atoms with E-state index in [-0.39, 0.29) is 18.8 Å². The van der Waals surface area contributed by atoms with E-state index in [2.05, 4.69) is 36.2 Å². The lowest BCUT2D eigenvalue weighted by atomic mass is 10.1. The van der Waals surface area contributed by atoms with Gasteiger partial charge in [-0.15, -0.1) is 0 Å². The van der Waals surface area contributed by atoms with Gasteiger partial charge in [0.2, 0.25) is 0 Å². The second-order valence-electron chi connectivity index (χ2n) is 11.8. The molecule has 12 nitrogen and oxygen atoms in total. The first kappa shape index (κ1) is 34.3. The highest BCUT2D eigenvalue weighted by molar-refractivity contribution is 5.86. The summed E-state index contributed by atoms with van der Waals surface area (Å²) >= 11 is 0. The van der Waals surface area contributed by atoms with Gasteiger partial charge in [-0.05, 0) is 60.2 Å². The minimum atomic E-state index is -4.53. The van der Waals surface area contributed by atoms with E-state index in [1.54, 1.807) is 47.7 Å². The number of pyridine rings is 4. The molecule has 2 aromatic carbocycles. The second-order valence-corrected chi connectivity index (χ2v) is 11.8. The van der Waals surface area contributed by atoms with Crippen molar-refractivity contribution in [3.63, 3.8) is 0 Å². The number of nitrogen functional groups attached to an aromatic ring is 2. The van der Waals surface area contributed by atoms with Crippen LogP contribution >= 0.6 is 0 Å². The van der Waals surface area contributed by atoms with Crippen LogP contribution in [0.2, 0.25) is 0 Å². The maximum atomic E-state index is 13.0. The predicted molar refractivity (Wildman–Crippen MR) is 195 cm³/mol. The monoisotopic (exact) mass is 710 g/mol. The number of nitriles is 1. The van der Waals surface area contributed by atoms with Crippen LogP contribution in [0.5, 0.6) is 0 Å². The lowest BCUT2D eigenvalue weighted by molar-refractivity contribution is -0.141. The molecule has 8 aromatic rings. The van der Waals surface area contributed by atoms with Gasteiger partial charge in [-0.1, -0.05) is 36.4 Å². The zero-order chi connectivity index (χ0) is 37.1. The van der Waals surface area contributed by atoms with Crippen LogP contribution in [0.15, 0.2) is 116 Å². The van der Waals surface area contributed by atoms with E-state index >= 15 is 0 Å². The molecule has 53 heavy (non-hydrogen) atoms. The van der Waals surface area contributed by atoms with Crippen LogP contribution in [0.1, 0.15) is 17.1 Å². The van der Waals surface area contributed by atoms with Crippen molar-refractivity contribution in [1.82, 2.24) is 39.5 Å². The van der Waals surface area contributed by atoms with E-state index in [0.29, 0.717) is 34.1 Å². The number of alkyl halides is 3. The first-order valence-electron chi connectivity index (χ1n) is 16.1. The third kappa shape index (κ3) is 7.34. The van der Waals surface area contributed by atoms with Crippen molar-refractivity contribution < 1.29 is 13.2 Å². The van der Waals surface area contributed by atoms with Crippen molar-refractivity contribution in [3.05, 3.63) is 133 Å². The third-order valence-corrected chi connectivity index (χ3v) is 8.15. The molecule has 8 rings (SSSR count). The molecule has 6 N–H and O–H groups in total. The number of benzene rings is 2. The van der Waals surface area contributed by atoms with Gasteiger partial charge in [0.05, 0.1) is 58.7 Å². The Labute approximate surface area is 300 Å². The standard InChI is InChI=1S/C19H15F3N6.C19H14N6/c20-19(21,22)17-2-1-3-18(27-17)28-16-6-11(4-5-12(16)10-25-28)15-8-13(24)7-14(9-23)26-15;20-7-6-17-2-1-3-19(24-17)25-18-9-13(4-5-14(18)11-23-25)15-8-16(21)12-22-10-15/h1-8,10H,9,23H2,(H2,24,26);1-5,8-12H,6,21H2. The molecule has 0 bridgehead atoms. The molecule has 6 aromatic heterocycles. The van der Waals surface area contributed by atoms with E-state index in [0.717, 1.165) is 44.7 Å². The molecule has 0 saturated carbocycles. The molecular weight excluding hydrogens is 681 g/mol. The number of aromatic nitrogens is 8. The van der Waals surface area contributed by atoms with E-state index in [1.807, 2.05) is 54.6 Å². The summed E-state index contributed by atoms with van der Waals surface area (Å²) in [6, 6.07) is 28.2. The van der Waals surface area contributed by atoms with Crippen LogP contribution in [0.4, 0.5) is 24.5 Å². The SMILES string of the molecule is N#CCc1cccc(-n2ncc3ccc(-c4cncc(N)c4)cc32)n1.NCc1cc(N)cc(-c2ccc3cnn(-c4cccc(C(F)(F)F)n4)c3c2)n1. The van der Waals surface area contributed by atoms with Gasteiger partial charge >= 0.3 is 6.18 Å². The Balaban J connectivity index is 0.000000165. The van der Waals surface area contributed by atoms with Crippen LogP contribution in [0, 0.1) is 11.3 Å². The van der Waals surface area contributed by atoms with Crippen LogP contribution in [-0.4, -0.2) is 39.5 Å². The van der Waals surface area contributed by atoms with Crippen molar-refractivity contribution in [2.24, 2.45) is 5.73 Å². The Hall–Kier alpha value is -7.18. The molecule has 0 radical (unpaired) electrons. The van der Waals surface area contributed by atoms with Gasteiger partial charge < -0.3 is 17.2 Å². The molecule has 0 aliphatic carbocycles. The molecule has 6 heterocycles. The van der Waals surface area contributed by atoms with E-state index < -0.39 is 11.9 Å². The average molecular weight is 711 g/mol. The zero-order valence-corrected chi connectivity index (χ0v) is 27.8. The van der Waals surface area contributed by atoms with E-state index in [9.17, 15) is 13.2 Å². The molecule has 0 amide bonds. The number of fused-ring (bicyclic) bond motifs is 2. The average Bonchev–Trinajstić information content (AvgIpc) is 3.79. The second kappa shape index (κ2) is 14.2. The Bertz CT molecular complexity index is 2640. The predicted octanol–water partition coefficient (Wildman–Crippen LogP) is 6.67. The number of hydrogen-bond donors (Lipinski definition) is 3. The molecule has 0 aliphatic heterocycles. The van der Waals surface area contributed by atoms with Gasteiger partial charge in [0, 0.05) is 46.5 Å². The van der Waals surface area contributed by atoms with Gasteiger partial charge in [-0.2, -0.15) is 28.6 Å². The fraction of sp³-hybridized carbons (Fsp3) is 0.0789. The fourth-order valence-corrected chi connectivity index (χ4v) is 5.68. The Morgan fingerprint density at radius 3 is 1.96 bits per heavy atom. The van der Waals surface area contributed by atoms with Gasteiger partial charge in [-0.25, -0.2) is 19.3 Å². The normalized spacial score (nSPS) is 11.3. The Morgan fingerprint density at radius 2 is 1.30 bits per heavy atom. The van der Waals surface area contributed by atoms with Gasteiger partial charge in [0.25, 0.3) is 0 Å². The fourth-order valence-electron chi connectivity index (χ4n) is 5.68. The molecule has 0 spiro atoms. The van der Waals surface area contributed by atoms with E-state index in [4.69, 9.17) is 22.5 Å². The Morgan fingerprint density at radius 1 is 0.642 bits per heavy atom. The molecule has 0 saturated heterocycles. The number of rotatable bonds is 6. The summed E-state index contributed by atoms with van der Waals surface area (Å²) in [7, 11) is 0. The molecule has 0 unspecified atom stereocenters. The zero-order valence-electron chi connectivity index (χ0n) is 27.8. The van der Waals surface area contributed by atoms with Crippen molar-refractivity contribution in [2.75, 3.05) is 11.5 Å². The van der Waals surface area contributed by atoms with Crippen LogP contribution in [-0.2, 0) is 19.1 Å². The number of nitrogens with zero attached hydrogens (tertiary/aromatic N) is 9. The largest absolute Gasteiger partial charge is 0.433 e. The summed E-state index contributed by atoms with van der Waals surface area (Å²) in [6.07, 6.45) is 2.51. The number of halogens is 3. The van der Waals surface area contributed by atoms with E-state index in [1.165, 1.54) is 16.8 Å². The van der Waals surface area contributed by atoms with Crippen molar-refractivity contribution >= 4 is 33.2 Å². The summed E-state index contributed by atoms with van der Waals surface area (Å²) in [5, 5.41) is 19.3. The minimum Gasteiger partial charge on any atom is -0.399 e. The number of nitrogens with two attached hydrogens (primary N) is 3. The van der Waals surface area contributed by atoms with Crippen LogP contribution in [0.3, 0.4) is 0 Å². The highest BCUT2D eigenvalue weighted by atomic mass is 19.4. The molecular formula is C38H29F3N12. The van der Waals surface area contributed by atoms with Crippen LogP contribution < -0.4 is 17.2 Å². The minimum absolute atomic E-state index is 0.0742. The molecule has 262 valence electrons. The molecule has 0 aliphatic rings. The highest BCUT2D eigenvalue weighted by Gasteiger charge is 2.32. The molecule has 15 heteroatoms. The lowest BCUT2D eigenvalue weighted by Gasteiger charge is -2.09. The summed E-state index contributed by atoms with van der Waals surface area (Å²) in [5.41, 5.74) is 23.8. The summed E-state index contributed by atoms with van der Waals surface area (Å²) < 4.78 is 42.1. The van der Waals surface area contributed by atoms with Crippen molar-refractivity contribution in [2.45, 2.75) is 19.1 Å². The van der Waals surface area contributed by atoms with Crippen molar-refractivity contribution in [3.8, 4) is 40.1 Å². The van der Waals surface area contributed by atoms with Crippen molar-refractivity contribution in [1.29, 1.82) is 5.26 Å². The third-order valence-electron chi connectivity index (χ3n) is 8.15. The van der Waals surface area contributed by atoms with Gasteiger partial charge in [0.15, 0.2) is 11.6 Å². The number of hydrogen-bond acceptors (Lipinski definition) is 10. The maximum absolute atomic E-state index is 13.0. The first-order valence-corrected chi connectivity index (χ1v) is 16.1. The first-order chi connectivity index (χ1) is 25.6. The van der Waals surface area contributed by atoms with Gasteiger partial charge in [-0.3, -0.25) is 9.97 Å². The maximum Gasteiger partial charge on any atom is 0.433 e. The topological polar surface area (TPSA) is 189 Å². The quantitative estimate of drug-likeness (QED) is 0.168. The highest BCUT2D eigenvalue weighted by Crippen LogP contribution is 2.30. The number of anilines is 2. The Kier molecular flexibility index (Phi) is 9.19. The summed E-state index contributed by atoms with van der Waals surface area (Å²) in [4.78, 5) is 16.8. The molecule has 0 fully saturated rings.